The number of anilines is 2. The summed E-state index contributed by atoms with van der Waals surface area (Å²) in [5.41, 5.74) is 1.90. The highest BCUT2D eigenvalue weighted by Gasteiger charge is 2.44. The number of para-hydroxylation sites is 1. The van der Waals surface area contributed by atoms with Crippen LogP contribution in [0.4, 0.5) is 24.7 Å². The van der Waals surface area contributed by atoms with Crippen LogP contribution in [-0.2, 0) is 11.0 Å². The molecule has 0 radical (unpaired) electrons. The molecular formula is C29H26F3N5O2. The van der Waals surface area contributed by atoms with Gasteiger partial charge in [-0.2, -0.15) is 18.3 Å². The number of carbonyl (C=O) groups excluding carboxylic acids is 2. The van der Waals surface area contributed by atoms with E-state index in [2.05, 4.69) is 15.7 Å². The Kier molecular flexibility index (Phi) is 6.86. The molecule has 0 fully saturated rings. The van der Waals surface area contributed by atoms with Crippen LogP contribution in [0.2, 0.25) is 0 Å². The standard InChI is InChI=1S/C29H26F3N5O2/c1-3-36-27-23(17-34-37(27)22-13-5-4-6-14-22)24(18-9-8-12-21(16-18)33-2)25(28(36)39)35-26(38)19-10-7-11-20(15-19)29(30,31)32/h4-17,24-25,33H,3H2,1-2H3,(H,35,38)/t24-,25+/m1/s1. The lowest BCUT2D eigenvalue weighted by atomic mass is 9.82. The van der Waals surface area contributed by atoms with E-state index in [4.69, 9.17) is 0 Å². The first-order chi connectivity index (χ1) is 18.7. The minimum absolute atomic E-state index is 0.186. The van der Waals surface area contributed by atoms with Crippen molar-refractivity contribution in [3.05, 3.63) is 107 Å². The van der Waals surface area contributed by atoms with Gasteiger partial charge in [-0.1, -0.05) is 36.4 Å². The maximum absolute atomic E-state index is 14.0. The van der Waals surface area contributed by atoms with Crippen LogP contribution in [0.15, 0.2) is 85.1 Å². The third kappa shape index (κ3) is 4.85. The maximum Gasteiger partial charge on any atom is 0.416 e. The molecule has 1 aliphatic heterocycles. The average molecular weight is 534 g/mol. The number of hydrogen-bond acceptors (Lipinski definition) is 4. The first-order valence-electron chi connectivity index (χ1n) is 12.4. The molecule has 2 amide bonds. The molecule has 2 heterocycles. The van der Waals surface area contributed by atoms with E-state index in [1.54, 1.807) is 22.8 Å². The molecule has 0 unspecified atom stereocenters. The molecule has 1 aromatic heterocycles. The summed E-state index contributed by atoms with van der Waals surface area (Å²) < 4.78 is 41.6. The van der Waals surface area contributed by atoms with Crippen LogP contribution in [0.5, 0.6) is 0 Å². The Labute approximate surface area is 223 Å². The Morgan fingerprint density at radius 3 is 2.44 bits per heavy atom. The van der Waals surface area contributed by atoms with Crippen molar-refractivity contribution in [3.8, 4) is 5.69 Å². The van der Waals surface area contributed by atoms with Gasteiger partial charge in [-0.3, -0.25) is 14.5 Å². The van der Waals surface area contributed by atoms with E-state index in [-0.39, 0.29) is 11.5 Å². The zero-order valence-corrected chi connectivity index (χ0v) is 21.2. The minimum Gasteiger partial charge on any atom is -0.388 e. The van der Waals surface area contributed by atoms with Crippen LogP contribution in [0.3, 0.4) is 0 Å². The van der Waals surface area contributed by atoms with Crippen LogP contribution < -0.4 is 15.5 Å². The van der Waals surface area contributed by atoms with Gasteiger partial charge >= 0.3 is 6.18 Å². The summed E-state index contributed by atoms with van der Waals surface area (Å²) in [6.07, 6.45) is -2.93. The lowest BCUT2D eigenvalue weighted by molar-refractivity contribution is -0.137. The third-order valence-corrected chi connectivity index (χ3v) is 6.82. The van der Waals surface area contributed by atoms with Crippen LogP contribution in [0.1, 0.15) is 39.9 Å². The lowest BCUT2D eigenvalue weighted by Crippen LogP contribution is -2.55. The SMILES string of the molecule is CCN1C(=O)[C@@H](NC(=O)c2cccc(C(F)(F)F)c2)[C@H](c2cccc(NC)c2)c2cnn(-c3ccccc3)c21. The number of likely N-dealkylation sites (N-methyl/N-ethyl adjacent to an activating group) is 1. The molecule has 0 aliphatic carbocycles. The van der Waals surface area contributed by atoms with E-state index < -0.39 is 29.6 Å². The number of nitrogens with zero attached hydrogens (tertiary/aromatic N) is 3. The predicted molar refractivity (Wildman–Crippen MR) is 142 cm³/mol. The molecule has 200 valence electrons. The molecule has 5 rings (SSSR count). The van der Waals surface area contributed by atoms with Gasteiger partial charge in [-0.15, -0.1) is 0 Å². The fourth-order valence-corrected chi connectivity index (χ4v) is 4.97. The van der Waals surface area contributed by atoms with Crippen molar-refractivity contribution < 1.29 is 22.8 Å². The summed E-state index contributed by atoms with van der Waals surface area (Å²) in [6, 6.07) is 19.9. The van der Waals surface area contributed by atoms with Crippen molar-refractivity contribution in [3.63, 3.8) is 0 Å². The zero-order valence-electron chi connectivity index (χ0n) is 21.2. The zero-order chi connectivity index (χ0) is 27.7. The van der Waals surface area contributed by atoms with Crippen molar-refractivity contribution in [2.45, 2.75) is 25.1 Å². The number of halogens is 3. The molecule has 0 saturated heterocycles. The second-order valence-corrected chi connectivity index (χ2v) is 9.14. The van der Waals surface area contributed by atoms with Gasteiger partial charge in [-0.25, -0.2) is 4.68 Å². The molecule has 2 N–H and O–H groups in total. The van der Waals surface area contributed by atoms with Crippen LogP contribution in [-0.4, -0.2) is 41.2 Å². The largest absolute Gasteiger partial charge is 0.416 e. The first-order valence-corrected chi connectivity index (χ1v) is 12.4. The Balaban J connectivity index is 1.63. The highest BCUT2D eigenvalue weighted by Crippen LogP contribution is 2.42. The predicted octanol–water partition coefficient (Wildman–Crippen LogP) is 5.23. The smallest absolute Gasteiger partial charge is 0.388 e. The number of fused-ring (bicyclic) bond motifs is 1. The highest BCUT2D eigenvalue weighted by molar-refractivity contribution is 6.05. The van der Waals surface area contributed by atoms with E-state index in [0.29, 0.717) is 17.9 Å². The molecule has 4 aromatic rings. The summed E-state index contributed by atoms with van der Waals surface area (Å²) in [7, 11) is 1.77. The van der Waals surface area contributed by atoms with Gasteiger partial charge in [0.1, 0.15) is 11.9 Å². The highest BCUT2D eigenvalue weighted by atomic mass is 19.4. The molecule has 1 aliphatic rings. The van der Waals surface area contributed by atoms with E-state index in [1.807, 2.05) is 61.5 Å². The number of amides is 2. The number of benzene rings is 3. The Bertz CT molecular complexity index is 1520. The van der Waals surface area contributed by atoms with E-state index in [1.165, 1.54) is 12.1 Å². The van der Waals surface area contributed by atoms with Crippen molar-refractivity contribution in [1.82, 2.24) is 15.1 Å². The quantitative estimate of drug-likeness (QED) is 0.356. The number of carbonyl (C=O) groups is 2. The van der Waals surface area contributed by atoms with E-state index >= 15 is 0 Å². The molecule has 0 bridgehead atoms. The summed E-state index contributed by atoms with van der Waals surface area (Å²) in [5.74, 6) is -1.22. The Morgan fingerprint density at radius 1 is 1.00 bits per heavy atom. The monoisotopic (exact) mass is 533 g/mol. The second kappa shape index (κ2) is 10.3. The van der Waals surface area contributed by atoms with E-state index in [9.17, 15) is 22.8 Å². The molecule has 39 heavy (non-hydrogen) atoms. The van der Waals surface area contributed by atoms with Gasteiger partial charge < -0.3 is 10.6 Å². The van der Waals surface area contributed by atoms with Gasteiger partial charge in [0.05, 0.1) is 17.4 Å². The number of aromatic nitrogens is 2. The van der Waals surface area contributed by atoms with Crippen molar-refractivity contribution in [2.24, 2.45) is 0 Å². The normalized spacial score (nSPS) is 17.1. The summed E-state index contributed by atoms with van der Waals surface area (Å²) in [5, 5.41) is 10.4. The fourth-order valence-electron chi connectivity index (χ4n) is 4.97. The minimum atomic E-state index is -4.60. The van der Waals surface area contributed by atoms with Crippen LogP contribution in [0.25, 0.3) is 5.69 Å². The lowest BCUT2D eigenvalue weighted by Gasteiger charge is -2.38. The number of alkyl halides is 3. The summed E-state index contributed by atoms with van der Waals surface area (Å²) in [6.45, 7) is 2.11. The van der Waals surface area contributed by atoms with Gasteiger partial charge in [0, 0.05) is 36.3 Å². The molecule has 7 nitrogen and oxygen atoms in total. The van der Waals surface area contributed by atoms with Gasteiger partial charge in [0.15, 0.2) is 0 Å². The van der Waals surface area contributed by atoms with Crippen LogP contribution >= 0.6 is 0 Å². The molecule has 10 heteroatoms. The molecule has 3 aromatic carbocycles. The van der Waals surface area contributed by atoms with Crippen molar-refractivity contribution in [1.29, 1.82) is 0 Å². The Hall–Kier alpha value is -4.60. The topological polar surface area (TPSA) is 79.3 Å². The fraction of sp³-hybridized carbons (Fsp3) is 0.207. The van der Waals surface area contributed by atoms with Gasteiger partial charge in [0.25, 0.3) is 11.8 Å². The molecule has 0 saturated carbocycles. The van der Waals surface area contributed by atoms with Gasteiger partial charge in [0.2, 0.25) is 0 Å². The first kappa shape index (κ1) is 26.0. The van der Waals surface area contributed by atoms with Gasteiger partial charge in [-0.05, 0) is 55.0 Å². The number of nitrogens with one attached hydrogen (secondary N) is 2. The molecular weight excluding hydrogens is 507 g/mol. The second-order valence-electron chi connectivity index (χ2n) is 9.14. The van der Waals surface area contributed by atoms with Crippen molar-refractivity contribution >= 4 is 23.3 Å². The maximum atomic E-state index is 14.0. The summed E-state index contributed by atoms with van der Waals surface area (Å²) >= 11 is 0. The number of rotatable bonds is 6. The van der Waals surface area contributed by atoms with Crippen molar-refractivity contribution in [2.75, 3.05) is 23.8 Å². The molecule has 2 atom stereocenters. The summed E-state index contributed by atoms with van der Waals surface area (Å²) in [4.78, 5) is 28.8. The number of hydrogen-bond donors (Lipinski definition) is 2. The van der Waals surface area contributed by atoms with E-state index in [0.717, 1.165) is 29.1 Å². The average Bonchev–Trinajstić information content (AvgIpc) is 3.38. The molecule has 0 spiro atoms. The third-order valence-electron chi connectivity index (χ3n) is 6.82. The van der Waals surface area contributed by atoms with Crippen LogP contribution in [0, 0.1) is 0 Å². The Morgan fingerprint density at radius 2 is 1.74 bits per heavy atom.